The molecule has 29 heavy (non-hydrogen) atoms. The number of anilines is 1. The van der Waals surface area contributed by atoms with Gasteiger partial charge in [-0.2, -0.15) is 13.2 Å². The highest BCUT2D eigenvalue weighted by atomic mass is 19.4. The number of fused-ring (bicyclic) bond motifs is 1. The van der Waals surface area contributed by atoms with E-state index in [0.29, 0.717) is 5.56 Å². The van der Waals surface area contributed by atoms with Crippen LogP contribution in [0, 0.1) is 6.92 Å². The Balaban J connectivity index is 1.54. The van der Waals surface area contributed by atoms with E-state index in [2.05, 4.69) is 15.5 Å². The number of carbonyl (C=O) groups excluding carboxylic acids is 1. The van der Waals surface area contributed by atoms with Gasteiger partial charge < -0.3 is 4.42 Å². The lowest BCUT2D eigenvalue weighted by Gasteiger charge is -2.15. The van der Waals surface area contributed by atoms with Crippen molar-refractivity contribution in [3.63, 3.8) is 0 Å². The molecule has 1 amide bonds. The molecule has 0 saturated heterocycles. The molecule has 5 nitrogen and oxygen atoms in total. The van der Waals surface area contributed by atoms with Gasteiger partial charge in [0.25, 0.3) is 5.91 Å². The number of carbonyl (C=O) groups is 1. The number of aromatic nitrogens is 2. The van der Waals surface area contributed by atoms with Gasteiger partial charge in [-0.3, -0.25) is 10.1 Å². The van der Waals surface area contributed by atoms with Crippen molar-refractivity contribution in [2.45, 2.75) is 38.8 Å². The van der Waals surface area contributed by atoms with Crippen molar-refractivity contribution in [3.05, 3.63) is 64.2 Å². The predicted molar refractivity (Wildman–Crippen MR) is 101 cm³/mol. The highest BCUT2D eigenvalue weighted by molar-refractivity contribution is 6.03. The first-order valence-corrected chi connectivity index (χ1v) is 9.25. The van der Waals surface area contributed by atoms with Crippen molar-refractivity contribution in [1.82, 2.24) is 10.2 Å². The van der Waals surface area contributed by atoms with Gasteiger partial charge in [-0.1, -0.05) is 11.2 Å². The van der Waals surface area contributed by atoms with Crippen molar-refractivity contribution in [1.29, 1.82) is 0 Å². The molecule has 1 aliphatic rings. The summed E-state index contributed by atoms with van der Waals surface area (Å²) in [5.74, 6) is -0.506. The third-order valence-corrected chi connectivity index (χ3v) is 4.91. The Bertz CT molecular complexity index is 1070. The van der Waals surface area contributed by atoms with Crippen LogP contribution >= 0.6 is 0 Å². The van der Waals surface area contributed by atoms with Gasteiger partial charge in [0.2, 0.25) is 5.89 Å². The third kappa shape index (κ3) is 4.16. The van der Waals surface area contributed by atoms with Crippen LogP contribution in [0.3, 0.4) is 0 Å². The van der Waals surface area contributed by atoms with E-state index in [9.17, 15) is 18.0 Å². The van der Waals surface area contributed by atoms with Crippen molar-refractivity contribution >= 4 is 11.9 Å². The fraction of sp³-hybridized carbons (Fsp3) is 0.286. The van der Waals surface area contributed by atoms with Crippen LogP contribution in [0.2, 0.25) is 0 Å². The van der Waals surface area contributed by atoms with Crippen molar-refractivity contribution < 1.29 is 22.4 Å². The van der Waals surface area contributed by atoms with Crippen LogP contribution in [0.4, 0.5) is 19.2 Å². The lowest BCUT2D eigenvalue weighted by atomic mass is 9.90. The van der Waals surface area contributed by atoms with E-state index in [4.69, 9.17) is 4.42 Å². The maximum Gasteiger partial charge on any atom is 0.416 e. The van der Waals surface area contributed by atoms with Crippen LogP contribution in [0.25, 0.3) is 11.5 Å². The number of aryl methyl sites for hydroxylation is 3. The number of benzene rings is 2. The molecule has 3 aromatic rings. The highest BCUT2D eigenvalue weighted by Gasteiger charge is 2.31. The van der Waals surface area contributed by atoms with Crippen LogP contribution in [0.5, 0.6) is 0 Å². The van der Waals surface area contributed by atoms with Crippen molar-refractivity contribution in [2.75, 3.05) is 5.32 Å². The van der Waals surface area contributed by atoms with Crippen molar-refractivity contribution in [3.8, 4) is 11.5 Å². The molecule has 1 aromatic heterocycles. The summed E-state index contributed by atoms with van der Waals surface area (Å²) in [6.07, 6.45) is -0.172. The predicted octanol–water partition coefficient (Wildman–Crippen LogP) is 5.19. The largest absolute Gasteiger partial charge is 0.416 e. The second-order valence-electron chi connectivity index (χ2n) is 7.14. The Labute approximate surface area is 165 Å². The molecule has 150 valence electrons. The van der Waals surface area contributed by atoms with Gasteiger partial charge in [-0.25, -0.2) is 0 Å². The molecule has 0 unspecified atom stereocenters. The number of nitrogens with zero attached hydrogens (tertiary/aromatic N) is 2. The SMILES string of the molecule is Cc1cc(C(=O)Nc2nnc(-c3ccc4c(c3)CCCC4)o2)cc(C(F)(F)F)c1. The van der Waals surface area contributed by atoms with Crippen molar-refractivity contribution in [2.24, 2.45) is 0 Å². The summed E-state index contributed by atoms with van der Waals surface area (Å²) in [5, 5.41) is 10.1. The van der Waals surface area contributed by atoms with Crippen LogP contribution in [0.1, 0.15) is 45.5 Å². The minimum Gasteiger partial charge on any atom is -0.403 e. The van der Waals surface area contributed by atoms with Gasteiger partial charge in [0.1, 0.15) is 0 Å². The fourth-order valence-electron chi connectivity index (χ4n) is 3.50. The summed E-state index contributed by atoms with van der Waals surface area (Å²) >= 11 is 0. The van der Waals surface area contributed by atoms with Gasteiger partial charge in [0.05, 0.1) is 5.56 Å². The number of halogens is 3. The van der Waals surface area contributed by atoms with Crippen LogP contribution in [-0.4, -0.2) is 16.1 Å². The number of hydrogen-bond acceptors (Lipinski definition) is 4. The smallest absolute Gasteiger partial charge is 0.403 e. The zero-order valence-electron chi connectivity index (χ0n) is 15.6. The highest BCUT2D eigenvalue weighted by Crippen LogP contribution is 2.31. The monoisotopic (exact) mass is 401 g/mol. The Morgan fingerprint density at radius 3 is 2.55 bits per heavy atom. The average Bonchev–Trinajstić information content (AvgIpc) is 3.15. The summed E-state index contributed by atoms with van der Waals surface area (Å²) in [6, 6.07) is 8.91. The lowest BCUT2D eigenvalue weighted by molar-refractivity contribution is -0.137. The molecule has 2 aromatic carbocycles. The summed E-state index contributed by atoms with van der Waals surface area (Å²) < 4.78 is 44.4. The maximum absolute atomic E-state index is 13.0. The Hall–Kier alpha value is -3.16. The summed E-state index contributed by atoms with van der Waals surface area (Å²) in [7, 11) is 0. The van der Waals surface area contributed by atoms with Gasteiger partial charge in [0, 0.05) is 11.1 Å². The standard InChI is InChI=1S/C21H18F3N3O2/c1-12-8-16(11-17(9-12)21(22,23)24)18(28)25-20-27-26-19(29-20)15-7-6-13-4-2-3-5-14(13)10-15/h6-11H,2-5H2,1H3,(H,25,27,28). The van der Waals surface area contributed by atoms with Gasteiger partial charge in [-0.15, -0.1) is 5.10 Å². The van der Waals surface area contributed by atoms with Gasteiger partial charge >= 0.3 is 12.2 Å². The molecule has 1 aliphatic carbocycles. The summed E-state index contributed by atoms with van der Waals surface area (Å²) in [4.78, 5) is 12.4. The fourth-order valence-corrected chi connectivity index (χ4v) is 3.50. The van der Waals surface area contributed by atoms with Crippen LogP contribution < -0.4 is 5.32 Å². The third-order valence-electron chi connectivity index (χ3n) is 4.91. The molecular weight excluding hydrogens is 383 g/mol. The molecule has 4 rings (SSSR count). The number of amides is 1. The normalized spacial score (nSPS) is 13.8. The quantitative estimate of drug-likeness (QED) is 0.655. The first kappa shape index (κ1) is 19.2. The number of alkyl halides is 3. The number of hydrogen-bond donors (Lipinski definition) is 1. The topological polar surface area (TPSA) is 68.0 Å². The molecule has 0 bridgehead atoms. The van der Waals surface area contributed by atoms with E-state index in [1.165, 1.54) is 30.5 Å². The van der Waals surface area contributed by atoms with E-state index in [-0.39, 0.29) is 17.5 Å². The molecule has 1 N–H and O–H groups in total. The molecule has 0 spiro atoms. The molecule has 0 radical (unpaired) electrons. The van der Waals surface area contributed by atoms with E-state index in [1.54, 1.807) is 0 Å². The second kappa shape index (κ2) is 7.35. The molecule has 8 heteroatoms. The molecule has 0 aliphatic heterocycles. The number of rotatable bonds is 3. The molecule has 0 saturated carbocycles. The lowest BCUT2D eigenvalue weighted by Crippen LogP contribution is -2.14. The average molecular weight is 401 g/mol. The Morgan fingerprint density at radius 1 is 1.03 bits per heavy atom. The first-order chi connectivity index (χ1) is 13.8. The van der Waals surface area contributed by atoms with Gasteiger partial charge in [-0.05, 0) is 79.6 Å². The number of nitrogens with one attached hydrogen (secondary N) is 1. The zero-order chi connectivity index (χ0) is 20.6. The molecule has 0 fully saturated rings. The Kier molecular flexibility index (Phi) is 4.86. The van der Waals surface area contributed by atoms with E-state index < -0.39 is 17.6 Å². The van der Waals surface area contributed by atoms with E-state index >= 15 is 0 Å². The summed E-state index contributed by atoms with van der Waals surface area (Å²) in [5.41, 5.74) is 2.61. The minimum atomic E-state index is -4.54. The zero-order valence-corrected chi connectivity index (χ0v) is 15.6. The van der Waals surface area contributed by atoms with E-state index in [0.717, 1.165) is 37.0 Å². The molecular formula is C21H18F3N3O2. The summed E-state index contributed by atoms with van der Waals surface area (Å²) in [6.45, 7) is 1.49. The van der Waals surface area contributed by atoms with E-state index in [1.807, 2.05) is 18.2 Å². The maximum atomic E-state index is 13.0. The Morgan fingerprint density at radius 2 is 1.79 bits per heavy atom. The minimum absolute atomic E-state index is 0.133. The van der Waals surface area contributed by atoms with Gasteiger partial charge in [0.15, 0.2) is 0 Å². The first-order valence-electron chi connectivity index (χ1n) is 9.25. The van der Waals surface area contributed by atoms with Crippen LogP contribution in [0.15, 0.2) is 40.8 Å². The molecule has 1 heterocycles. The molecule has 0 atom stereocenters. The second-order valence-corrected chi connectivity index (χ2v) is 7.14. The van der Waals surface area contributed by atoms with Crippen LogP contribution in [-0.2, 0) is 19.0 Å².